The van der Waals surface area contributed by atoms with E-state index in [1.165, 1.54) is 18.2 Å². The van der Waals surface area contributed by atoms with E-state index in [0.29, 0.717) is 17.3 Å². The maximum absolute atomic E-state index is 14.4. The molecule has 33 heavy (non-hydrogen) atoms. The number of hydrogen-bond donors (Lipinski definition) is 0. The predicted molar refractivity (Wildman–Crippen MR) is 116 cm³/mol. The zero-order valence-corrected chi connectivity index (χ0v) is 18.4. The van der Waals surface area contributed by atoms with Crippen molar-refractivity contribution >= 4 is 0 Å². The molecule has 0 aliphatic heterocycles. The van der Waals surface area contributed by atoms with Crippen LogP contribution in [0.3, 0.4) is 0 Å². The number of benzene rings is 1. The molecule has 0 amide bonds. The fraction of sp³-hybridized carbons (Fsp3) is 0.320. The van der Waals surface area contributed by atoms with Crippen molar-refractivity contribution in [3.8, 4) is 22.7 Å². The zero-order valence-electron chi connectivity index (χ0n) is 18.4. The third-order valence-electron chi connectivity index (χ3n) is 7.52. The molecule has 0 saturated heterocycles. The van der Waals surface area contributed by atoms with Gasteiger partial charge < -0.3 is 4.52 Å². The third kappa shape index (κ3) is 2.60. The van der Waals surface area contributed by atoms with Crippen molar-refractivity contribution in [1.29, 1.82) is 0 Å². The Morgan fingerprint density at radius 1 is 1.03 bits per heavy atom. The topological polar surface area (TPSA) is 77.6 Å². The van der Waals surface area contributed by atoms with Gasteiger partial charge >= 0.3 is 0 Å². The average Bonchev–Trinajstić information content (AvgIpc) is 3.40. The largest absolute Gasteiger partial charge is 0.354 e. The van der Waals surface area contributed by atoms with Crippen molar-refractivity contribution in [3.05, 3.63) is 77.0 Å². The van der Waals surface area contributed by atoms with Gasteiger partial charge in [-0.05, 0) is 60.9 Å². The summed E-state index contributed by atoms with van der Waals surface area (Å²) >= 11 is 0. The molecular formula is C25H21F2N5O. The highest BCUT2D eigenvalue weighted by atomic mass is 19.1. The van der Waals surface area contributed by atoms with Gasteiger partial charge in [0.05, 0.1) is 28.1 Å². The van der Waals surface area contributed by atoms with Gasteiger partial charge in [-0.1, -0.05) is 25.1 Å². The first kappa shape index (κ1) is 20.1. The minimum absolute atomic E-state index is 0.149. The van der Waals surface area contributed by atoms with Gasteiger partial charge in [-0.25, -0.2) is 18.7 Å². The molecule has 2 bridgehead atoms. The van der Waals surface area contributed by atoms with Crippen LogP contribution in [0.1, 0.15) is 55.4 Å². The van der Waals surface area contributed by atoms with Gasteiger partial charge in [-0.2, -0.15) is 5.10 Å². The molecule has 3 heterocycles. The van der Waals surface area contributed by atoms with E-state index < -0.39 is 17.0 Å². The van der Waals surface area contributed by atoms with E-state index in [2.05, 4.69) is 34.2 Å². The molecule has 1 fully saturated rings. The molecule has 6 nitrogen and oxygen atoms in total. The molecule has 0 N–H and O–H groups in total. The van der Waals surface area contributed by atoms with Gasteiger partial charge in [0.15, 0.2) is 5.76 Å². The minimum Gasteiger partial charge on any atom is -0.354 e. The summed E-state index contributed by atoms with van der Waals surface area (Å²) in [6, 6.07) is 9.23. The summed E-state index contributed by atoms with van der Waals surface area (Å²) in [5, 5.41) is 12.8. The van der Waals surface area contributed by atoms with E-state index in [-0.39, 0.29) is 22.6 Å². The number of aromatic nitrogens is 5. The van der Waals surface area contributed by atoms with Crippen LogP contribution in [0.15, 0.2) is 47.1 Å². The molecule has 0 unspecified atom stereocenters. The van der Waals surface area contributed by atoms with Crippen molar-refractivity contribution in [2.45, 2.75) is 44.9 Å². The molecule has 8 heteroatoms. The van der Waals surface area contributed by atoms with Crippen molar-refractivity contribution < 1.29 is 13.3 Å². The normalized spacial score (nSPS) is 22.5. The highest BCUT2D eigenvalue weighted by molar-refractivity contribution is 5.64. The van der Waals surface area contributed by atoms with Crippen LogP contribution in [0.25, 0.3) is 22.7 Å². The number of rotatable bonds is 3. The molecule has 2 aliphatic carbocycles. The van der Waals surface area contributed by atoms with Crippen molar-refractivity contribution in [1.82, 2.24) is 25.3 Å². The maximum Gasteiger partial charge on any atom is 0.185 e. The Kier molecular flexibility index (Phi) is 4.09. The summed E-state index contributed by atoms with van der Waals surface area (Å²) in [6.45, 7) is 6.23. The van der Waals surface area contributed by atoms with Gasteiger partial charge in [0.25, 0.3) is 0 Å². The fourth-order valence-electron chi connectivity index (χ4n) is 5.87. The Morgan fingerprint density at radius 3 is 2.55 bits per heavy atom. The zero-order chi connectivity index (χ0) is 23.0. The third-order valence-corrected chi connectivity index (χ3v) is 7.52. The number of hydrogen-bond acceptors (Lipinski definition) is 6. The van der Waals surface area contributed by atoms with Crippen LogP contribution in [0, 0.1) is 24.0 Å². The number of aryl methyl sites for hydroxylation is 1. The minimum atomic E-state index is -0.653. The fourth-order valence-corrected chi connectivity index (χ4v) is 5.87. The van der Waals surface area contributed by atoms with Crippen LogP contribution < -0.4 is 0 Å². The van der Waals surface area contributed by atoms with Crippen LogP contribution in [0.4, 0.5) is 8.78 Å². The SMILES string of the molecule is Cc1cc(-c2ccnc([C@@]34CC[C@@H](c5cc(-c6c(F)cccc6F)nnc53)C4(C)C)n2)on1. The molecule has 3 aromatic heterocycles. The highest BCUT2D eigenvalue weighted by Crippen LogP contribution is 2.69. The predicted octanol–water partition coefficient (Wildman–Crippen LogP) is 5.38. The lowest BCUT2D eigenvalue weighted by atomic mass is 9.67. The summed E-state index contributed by atoms with van der Waals surface area (Å²) in [5.41, 5.74) is 2.41. The Hall–Kier alpha value is -3.55. The van der Waals surface area contributed by atoms with E-state index in [4.69, 9.17) is 9.51 Å². The molecule has 1 aromatic carbocycles. The molecule has 0 spiro atoms. The molecule has 1 saturated carbocycles. The van der Waals surface area contributed by atoms with Crippen LogP contribution in [-0.4, -0.2) is 25.3 Å². The molecule has 6 rings (SSSR count). The van der Waals surface area contributed by atoms with Gasteiger partial charge in [-0.15, -0.1) is 5.10 Å². The summed E-state index contributed by atoms with van der Waals surface area (Å²) in [5.74, 6) is 0.0740. The number of nitrogens with zero attached hydrogens (tertiary/aromatic N) is 5. The maximum atomic E-state index is 14.4. The lowest BCUT2D eigenvalue weighted by Gasteiger charge is -2.36. The van der Waals surface area contributed by atoms with Crippen LogP contribution in [0.5, 0.6) is 0 Å². The first-order chi connectivity index (χ1) is 15.8. The van der Waals surface area contributed by atoms with Gasteiger partial charge in [0.1, 0.15) is 23.2 Å². The van der Waals surface area contributed by atoms with Crippen molar-refractivity contribution in [2.24, 2.45) is 5.41 Å². The number of fused-ring (bicyclic) bond motifs is 5. The Labute approximate surface area is 189 Å². The van der Waals surface area contributed by atoms with Crippen LogP contribution in [-0.2, 0) is 5.41 Å². The summed E-state index contributed by atoms with van der Waals surface area (Å²) in [6.07, 6.45) is 3.45. The molecule has 2 atom stereocenters. The van der Waals surface area contributed by atoms with E-state index in [0.717, 1.165) is 29.8 Å². The molecule has 4 aromatic rings. The quantitative estimate of drug-likeness (QED) is 0.421. The molecule has 0 radical (unpaired) electrons. The highest BCUT2D eigenvalue weighted by Gasteiger charge is 2.65. The average molecular weight is 445 g/mol. The molecule has 2 aliphatic rings. The monoisotopic (exact) mass is 445 g/mol. The first-order valence-electron chi connectivity index (χ1n) is 10.9. The Bertz CT molecular complexity index is 1400. The second-order valence-electron chi connectivity index (χ2n) is 9.45. The van der Waals surface area contributed by atoms with E-state index >= 15 is 0 Å². The van der Waals surface area contributed by atoms with Gasteiger partial charge in [0, 0.05) is 12.3 Å². The van der Waals surface area contributed by atoms with Crippen molar-refractivity contribution in [3.63, 3.8) is 0 Å². The lowest BCUT2D eigenvalue weighted by Crippen LogP contribution is -2.38. The molecule has 166 valence electrons. The summed E-state index contributed by atoms with van der Waals surface area (Å²) < 4.78 is 34.3. The number of halogens is 2. The van der Waals surface area contributed by atoms with Crippen LogP contribution >= 0.6 is 0 Å². The summed E-state index contributed by atoms with van der Waals surface area (Å²) in [4.78, 5) is 9.54. The second kappa shape index (κ2) is 6.73. The van der Waals surface area contributed by atoms with E-state index in [9.17, 15) is 8.78 Å². The van der Waals surface area contributed by atoms with Crippen molar-refractivity contribution in [2.75, 3.05) is 0 Å². The Balaban J connectivity index is 1.53. The van der Waals surface area contributed by atoms with Gasteiger partial charge in [-0.3, -0.25) is 0 Å². The second-order valence-corrected chi connectivity index (χ2v) is 9.45. The molecular weight excluding hydrogens is 424 g/mol. The van der Waals surface area contributed by atoms with E-state index in [1.54, 1.807) is 18.3 Å². The Morgan fingerprint density at radius 2 is 1.82 bits per heavy atom. The standard InChI is InChI=1S/C25H21F2N5O/c1-13-11-20(33-32-13)18-8-10-28-23(29-18)25-9-7-15(24(25,2)3)14-12-19(30-31-22(14)25)21-16(26)5-4-6-17(21)27/h4-6,8,10-12,15H,7,9H2,1-3H3/t15-,25+/m0/s1. The first-order valence-corrected chi connectivity index (χ1v) is 10.9. The lowest BCUT2D eigenvalue weighted by molar-refractivity contribution is 0.237. The van der Waals surface area contributed by atoms with E-state index in [1.807, 2.05) is 13.0 Å². The smallest absolute Gasteiger partial charge is 0.185 e. The van der Waals surface area contributed by atoms with Crippen LogP contribution in [0.2, 0.25) is 0 Å². The summed E-state index contributed by atoms with van der Waals surface area (Å²) in [7, 11) is 0. The van der Waals surface area contributed by atoms with Gasteiger partial charge in [0.2, 0.25) is 0 Å².